The SMILES string of the molecule is O=S(=O)(Cl)c1ncc(I)cc1O. The van der Waals surface area contributed by atoms with Gasteiger partial charge >= 0.3 is 0 Å². The summed E-state index contributed by atoms with van der Waals surface area (Å²) in [4.78, 5) is 3.47. The van der Waals surface area contributed by atoms with Crippen LogP contribution < -0.4 is 0 Å². The van der Waals surface area contributed by atoms with E-state index in [0.29, 0.717) is 3.57 Å². The van der Waals surface area contributed by atoms with E-state index in [0.717, 1.165) is 0 Å². The summed E-state index contributed by atoms with van der Waals surface area (Å²) in [5.41, 5.74) is 0. The molecule has 1 N–H and O–H groups in total. The van der Waals surface area contributed by atoms with Gasteiger partial charge < -0.3 is 5.11 Å². The summed E-state index contributed by atoms with van der Waals surface area (Å²) in [5, 5.41) is 8.59. The first-order valence-electron chi connectivity index (χ1n) is 2.70. The van der Waals surface area contributed by atoms with Crippen LogP contribution in [-0.2, 0) is 9.05 Å². The maximum atomic E-state index is 10.7. The first-order chi connectivity index (χ1) is 5.41. The summed E-state index contributed by atoms with van der Waals surface area (Å²) >= 11 is 1.89. The molecule has 0 fully saturated rings. The van der Waals surface area contributed by atoms with Gasteiger partial charge in [0.2, 0.25) is 5.03 Å². The van der Waals surface area contributed by atoms with Gasteiger partial charge in [-0.15, -0.1) is 0 Å². The summed E-state index contributed by atoms with van der Waals surface area (Å²) in [5.74, 6) is -0.433. The Morgan fingerprint density at radius 2 is 2.17 bits per heavy atom. The zero-order valence-corrected chi connectivity index (χ0v) is 9.26. The lowest BCUT2D eigenvalue weighted by atomic mass is 10.5. The normalized spacial score (nSPS) is 11.5. The van der Waals surface area contributed by atoms with Crippen molar-refractivity contribution >= 4 is 42.3 Å². The molecule has 0 unspecified atom stereocenters. The fourth-order valence-corrected chi connectivity index (χ4v) is 1.88. The third kappa shape index (κ3) is 2.20. The molecule has 0 spiro atoms. The van der Waals surface area contributed by atoms with Gasteiger partial charge in [0.15, 0.2) is 5.75 Å². The van der Waals surface area contributed by atoms with E-state index < -0.39 is 19.8 Å². The molecular weight excluding hydrogens is 316 g/mol. The first kappa shape index (κ1) is 10.0. The molecule has 0 radical (unpaired) electrons. The van der Waals surface area contributed by atoms with Gasteiger partial charge in [0, 0.05) is 20.4 Å². The monoisotopic (exact) mass is 319 g/mol. The largest absolute Gasteiger partial charge is 0.505 e. The molecule has 0 bridgehead atoms. The van der Waals surface area contributed by atoms with Crippen molar-refractivity contribution in [1.29, 1.82) is 0 Å². The minimum atomic E-state index is -3.94. The third-order valence-corrected chi connectivity index (χ3v) is 2.83. The molecule has 0 aliphatic rings. The number of aromatic nitrogens is 1. The molecule has 1 aromatic rings. The fraction of sp³-hybridized carbons (Fsp3) is 0. The fourth-order valence-electron chi connectivity index (χ4n) is 0.604. The quantitative estimate of drug-likeness (QED) is 0.626. The summed E-state index contributed by atoms with van der Waals surface area (Å²) in [6.07, 6.45) is 1.30. The molecule has 1 aromatic heterocycles. The highest BCUT2D eigenvalue weighted by molar-refractivity contribution is 14.1. The Morgan fingerprint density at radius 3 is 2.58 bits per heavy atom. The van der Waals surface area contributed by atoms with Crippen molar-refractivity contribution in [1.82, 2.24) is 4.98 Å². The molecule has 0 saturated heterocycles. The summed E-state index contributed by atoms with van der Waals surface area (Å²) in [6.45, 7) is 0. The second kappa shape index (κ2) is 3.35. The Hall–Kier alpha value is -0.0800. The number of nitrogens with zero attached hydrogens (tertiary/aromatic N) is 1. The molecule has 1 heterocycles. The highest BCUT2D eigenvalue weighted by Crippen LogP contribution is 2.24. The van der Waals surface area contributed by atoms with E-state index in [1.165, 1.54) is 12.3 Å². The Morgan fingerprint density at radius 1 is 1.58 bits per heavy atom. The Balaban J connectivity index is 3.39. The maximum Gasteiger partial charge on any atom is 0.282 e. The van der Waals surface area contributed by atoms with Crippen LogP contribution in [0.2, 0.25) is 0 Å². The predicted molar refractivity (Wildman–Crippen MR) is 51.7 cm³/mol. The van der Waals surface area contributed by atoms with Gasteiger partial charge in [-0.2, -0.15) is 0 Å². The Bertz CT molecular complexity index is 405. The van der Waals surface area contributed by atoms with E-state index in [9.17, 15) is 8.42 Å². The average Bonchev–Trinajstić information content (AvgIpc) is 1.83. The first-order valence-corrected chi connectivity index (χ1v) is 6.09. The molecule has 66 valence electrons. The van der Waals surface area contributed by atoms with E-state index in [1.54, 1.807) is 0 Å². The van der Waals surface area contributed by atoms with E-state index in [4.69, 9.17) is 15.8 Å². The predicted octanol–water partition coefficient (Wildman–Crippen LogP) is 1.32. The van der Waals surface area contributed by atoms with Gasteiger partial charge in [0.05, 0.1) is 0 Å². The number of rotatable bonds is 1. The van der Waals surface area contributed by atoms with Crippen LogP contribution in [0, 0.1) is 3.57 Å². The van der Waals surface area contributed by atoms with Gasteiger partial charge in [-0.25, -0.2) is 13.4 Å². The zero-order chi connectivity index (χ0) is 9.35. The zero-order valence-electron chi connectivity index (χ0n) is 5.53. The minimum absolute atomic E-state index is 0.433. The molecule has 4 nitrogen and oxygen atoms in total. The van der Waals surface area contributed by atoms with Crippen molar-refractivity contribution in [3.05, 3.63) is 15.8 Å². The summed E-state index contributed by atoms with van der Waals surface area (Å²) in [6, 6.07) is 1.27. The molecule has 0 aliphatic heterocycles. The highest BCUT2D eigenvalue weighted by Gasteiger charge is 2.16. The molecule has 0 aromatic carbocycles. The van der Waals surface area contributed by atoms with Crippen LogP contribution in [0.1, 0.15) is 0 Å². The van der Waals surface area contributed by atoms with Crippen molar-refractivity contribution < 1.29 is 13.5 Å². The number of pyridine rings is 1. The lowest BCUT2D eigenvalue weighted by Gasteiger charge is -1.98. The second-order valence-corrected chi connectivity index (χ2v) is 5.64. The number of hydrogen-bond acceptors (Lipinski definition) is 4. The summed E-state index contributed by atoms with van der Waals surface area (Å²) < 4.78 is 22.0. The van der Waals surface area contributed by atoms with Crippen LogP contribution in [0.15, 0.2) is 17.3 Å². The lowest BCUT2D eigenvalue weighted by Crippen LogP contribution is -1.95. The van der Waals surface area contributed by atoms with Crippen LogP contribution in [0.25, 0.3) is 0 Å². The van der Waals surface area contributed by atoms with Gasteiger partial charge in [0.25, 0.3) is 9.05 Å². The molecular formula is C5H3ClINO3S. The number of aromatic hydroxyl groups is 1. The van der Waals surface area contributed by atoms with Gasteiger partial charge in [-0.05, 0) is 28.7 Å². The van der Waals surface area contributed by atoms with Crippen LogP contribution in [-0.4, -0.2) is 18.5 Å². The molecule has 0 atom stereocenters. The standard InChI is InChI=1S/C5H3ClINO3S/c6-12(10,11)5-4(9)1-3(7)2-8-5/h1-2,9H. The van der Waals surface area contributed by atoms with Crippen molar-refractivity contribution in [2.45, 2.75) is 5.03 Å². The molecule has 1 rings (SSSR count). The maximum absolute atomic E-state index is 10.7. The highest BCUT2D eigenvalue weighted by atomic mass is 127. The topological polar surface area (TPSA) is 67.3 Å². The van der Waals surface area contributed by atoms with Crippen LogP contribution in [0.5, 0.6) is 5.75 Å². The van der Waals surface area contributed by atoms with E-state index in [2.05, 4.69) is 4.98 Å². The minimum Gasteiger partial charge on any atom is -0.505 e. The van der Waals surface area contributed by atoms with E-state index in [-0.39, 0.29) is 0 Å². The van der Waals surface area contributed by atoms with Gasteiger partial charge in [0.1, 0.15) is 0 Å². The number of hydrogen-bond donors (Lipinski definition) is 1. The van der Waals surface area contributed by atoms with Gasteiger partial charge in [-0.1, -0.05) is 0 Å². The molecule has 0 aliphatic carbocycles. The van der Waals surface area contributed by atoms with Crippen molar-refractivity contribution in [3.8, 4) is 5.75 Å². The summed E-state index contributed by atoms with van der Waals surface area (Å²) in [7, 11) is 1.02. The van der Waals surface area contributed by atoms with Crippen LogP contribution in [0.3, 0.4) is 0 Å². The Kier molecular flexibility index (Phi) is 2.79. The smallest absolute Gasteiger partial charge is 0.282 e. The molecule has 7 heteroatoms. The van der Waals surface area contributed by atoms with Crippen molar-refractivity contribution in [3.63, 3.8) is 0 Å². The second-order valence-electron chi connectivity index (χ2n) is 1.92. The van der Waals surface area contributed by atoms with E-state index in [1.807, 2.05) is 22.6 Å². The molecule has 0 amide bonds. The van der Waals surface area contributed by atoms with E-state index >= 15 is 0 Å². The third-order valence-electron chi connectivity index (χ3n) is 1.03. The van der Waals surface area contributed by atoms with Crippen LogP contribution >= 0.6 is 33.3 Å². The van der Waals surface area contributed by atoms with Crippen molar-refractivity contribution in [2.24, 2.45) is 0 Å². The van der Waals surface area contributed by atoms with Crippen molar-refractivity contribution in [2.75, 3.05) is 0 Å². The van der Waals surface area contributed by atoms with Gasteiger partial charge in [-0.3, -0.25) is 0 Å². The average molecular weight is 320 g/mol. The molecule has 12 heavy (non-hydrogen) atoms. The molecule has 0 saturated carbocycles. The number of halogens is 2. The Labute approximate surface area is 87.1 Å². The van der Waals surface area contributed by atoms with Crippen LogP contribution in [0.4, 0.5) is 0 Å². The lowest BCUT2D eigenvalue weighted by molar-refractivity contribution is 0.452.